The van der Waals surface area contributed by atoms with E-state index >= 15 is 0 Å². The summed E-state index contributed by atoms with van der Waals surface area (Å²) in [7, 11) is 1.90. The quantitative estimate of drug-likeness (QED) is 0.730. The van der Waals surface area contributed by atoms with Gasteiger partial charge in [-0.2, -0.15) is 13.2 Å². The predicted molar refractivity (Wildman–Crippen MR) is 98.8 cm³/mol. The Morgan fingerprint density at radius 3 is 2.37 bits per heavy atom. The summed E-state index contributed by atoms with van der Waals surface area (Å²) in [5, 5.41) is -0.00562. The van der Waals surface area contributed by atoms with Gasteiger partial charge in [0.1, 0.15) is 5.82 Å². The van der Waals surface area contributed by atoms with Crippen molar-refractivity contribution in [2.24, 2.45) is 5.92 Å². The van der Waals surface area contributed by atoms with Crippen molar-refractivity contribution in [3.8, 4) is 0 Å². The van der Waals surface area contributed by atoms with E-state index in [1.807, 2.05) is 16.8 Å². The van der Waals surface area contributed by atoms with E-state index in [0.29, 0.717) is 37.8 Å². The number of rotatable bonds is 3. The van der Waals surface area contributed by atoms with E-state index < -0.39 is 11.7 Å². The molecule has 0 unspecified atom stereocenters. The highest BCUT2D eigenvalue weighted by atomic mass is 35.5. The maximum atomic E-state index is 12.8. The molecule has 1 aliphatic heterocycles. The van der Waals surface area contributed by atoms with Crippen LogP contribution in [-0.4, -0.2) is 42.0 Å². The summed E-state index contributed by atoms with van der Waals surface area (Å²) in [6, 6.07) is 1.26. The number of aromatic nitrogens is 1. The van der Waals surface area contributed by atoms with Crippen LogP contribution in [0.5, 0.6) is 0 Å². The molecule has 4 nitrogen and oxygen atoms in total. The van der Waals surface area contributed by atoms with Gasteiger partial charge >= 0.3 is 6.18 Å². The Bertz CT molecular complexity index is 669. The topological polar surface area (TPSA) is 36.4 Å². The number of halogens is 4. The van der Waals surface area contributed by atoms with Crippen LogP contribution in [0.15, 0.2) is 12.3 Å². The number of carbonyl (C=O) groups excluding carboxylic acids is 1. The van der Waals surface area contributed by atoms with Crippen LogP contribution >= 0.6 is 11.6 Å². The molecule has 1 saturated carbocycles. The van der Waals surface area contributed by atoms with E-state index in [1.54, 1.807) is 0 Å². The van der Waals surface area contributed by atoms with Gasteiger partial charge in [-0.3, -0.25) is 4.79 Å². The van der Waals surface area contributed by atoms with Crippen LogP contribution in [0.1, 0.15) is 50.5 Å². The minimum atomic E-state index is -4.46. The molecule has 2 fully saturated rings. The molecule has 0 radical (unpaired) electrons. The molecule has 0 spiro atoms. The van der Waals surface area contributed by atoms with Crippen molar-refractivity contribution in [3.05, 3.63) is 22.8 Å². The first-order chi connectivity index (χ1) is 12.8. The minimum Gasteiger partial charge on any atom is -0.355 e. The SMILES string of the molecule is CN(C(=O)C1CCN(c2ncc(C(F)(F)F)cc2Cl)CC1)C1CCCCC1. The summed E-state index contributed by atoms with van der Waals surface area (Å²) in [5.41, 5.74) is -0.851. The number of piperidine rings is 1. The van der Waals surface area contributed by atoms with Gasteiger partial charge in [-0.1, -0.05) is 30.9 Å². The number of nitrogens with zero attached hydrogens (tertiary/aromatic N) is 3. The fourth-order valence-corrected chi connectivity index (χ4v) is 4.38. The first kappa shape index (κ1) is 20.2. The highest BCUT2D eigenvalue weighted by Gasteiger charge is 2.34. The van der Waals surface area contributed by atoms with E-state index in [-0.39, 0.29) is 16.8 Å². The first-order valence-corrected chi connectivity index (χ1v) is 9.89. The van der Waals surface area contributed by atoms with Gasteiger partial charge in [-0.15, -0.1) is 0 Å². The van der Waals surface area contributed by atoms with E-state index in [0.717, 1.165) is 25.1 Å². The van der Waals surface area contributed by atoms with Gasteiger partial charge in [-0.05, 0) is 31.7 Å². The fourth-order valence-electron chi connectivity index (χ4n) is 4.09. The van der Waals surface area contributed by atoms with Crippen molar-refractivity contribution in [1.29, 1.82) is 0 Å². The molecule has 8 heteroatoms. The second kappa shape index (κ2) is 8.25. The van der Waals surface area contributed by atoms with Crippen molar-refractivity contribution in [2.75, 3.05) is 25.0 Å². The van der Waals surface area contributed by atoms with Crippen LogP contribution in [0.4, 0.5) is 19.0 Å². The summed E-state index contributed by atoms with van der Waals surface area (Å²) in [4.78, 5) is 20.5. The third-order valence-electron chi connectivity index (χ3n) is 5.76. The van der Waals surface area contributed by atoms with Gasteiger partial charge in [-0.25, -0.2) is 4.98 Å². The van der Waals surface area contributed by atoms with Gasteiger partial charge in [0.2, 0.25) is 5.91 Å². The van der Waals surface area contributed by atoms with Crippen molar-refractivity contribution in [2.45, 2.75) is 57.2 Å². The number of carbonyl (C=O) groups is 1. The molecular formula is C19H25ClF3N3O. The van der Waals surface area contributed by atoms with Crippen LogP contribution in [0.3, 0.4) is 0 Å². The largest absolute Gasteiger partial charge is 0.417 e. The lowest BCUT2D eigenvalue weighted by Gasteiger charge is -2.37. The highest BCUT2D eigenvalue weighted by Crippen LogP contribution is 2.35. The molecular weight excluding hydrogens is 379 g/mol. The second-order valence-electron chi connectivity index (χ2n) is 7.53. The van der Waals surface area contributed by atoms with Gasteiger partial charge in [0.15, 0.2) is 0 Å². The van der Waals surface area contributed by atoms with Crippen LogP contribution in [-0.2, 0) is 11.0 Å². The highest BCUT2D eigenvalue weighted by molar-refractivity contribution is 6.33. The lowest BCUT2D eigenvalue weighted by molar-refractivity contribution is -0.138. The number of hydrogen-bond donors (Lipinski definition) is 0. The minimum absolute atomic E-state index is 0.00562. The summed E-state index contributed by atoms with van der Waals surface area (Å²) in [5.74, 6) is 0.505. The van der Waals surface area contributed by atoms with Gasteiger partial charge in [0, 0.05) is 38.3 Å². The van der Waals surface area contributed by atoms with Crippen LogP contribution < -0.4 is 4.90 Å². The Balaban J connectivity index is 1.59. The molecule has 0 atom stereocenters. The Kier molecular flexibility index (Phi) is 6.18. The Morgan fingerprint density at radius 1 is 1.19 bits per heavy atom. The number of amides is 1. The monoisotopic (exact) mass is 403 g/mol. The van der Waals surface area contributed by atoms with Gasteiger partial charge in [0.05, 0.1) is 10.6 Å². The lowest BCUT2D eigenvalue weighted by Crippen LogP contribution is -2.45. The lowest BCUT2D eigenvalue weighted by atomic mass is 9.91. The molecule has 0 bridgehead atoms. The molecule has 27 heavy (non-hydrogen) atoms. The van der Waals surface area contributed by atoms with Crippen LogP contribution in [0.25, 0.3) is 0 Å². The maximum Gasteiger partial charge on any atom is 0.417 e. The Morgan fingerprint density at radius 2 is 1.81 bits per heavy atom. The molecule has 0 aromatic carbocycles. The average Bonchev–Trinajstić information content (AvgIpc) is 2.67. The van der Waals surface area contributed by atoms with Crippen molar-refractivity contribution < 1.29 is 18.0 Å². The molecule has 2 aliphatic rings. The summed E-state index contributed by atoms with van der Waals surface area (Å²) < 4.78 is 38.3. The molecule has 3 rings (SSSR count). The molecule has 1 saturated heterocycles. The Hall–Kier alpha value is -1.50. The third kappa shape index (κ3) is 4.68. The molecule has 150 valence electrons. The number of pyridine rings is 1. The summed E-state index contributed by atoms with van der Waals surface area (Å²) in [6.07, 6.45) is 3.44. The van der Waals surface area contributed by atoms with Gasteiger partial charge < -0.3 is 9.80 Å². The molecule has 2 heterocycles. The Labute approximate surface area is 162 Å². The standard InChI is InChI=1S/C19H25ClF3N3O/c1-25(15-5-3-2-4-6-15)18(27)13-7-9-26(10-8-13)17-16(20)11-14(12-24-17)19(21,22)23/h11-13,15H,2-10H2,1H3. The van der Waals surface area contributed by atoms with Crippen LogP contribution in [0.2, 0.25) is 5.02 Å². The smallest absolute Gasteiger partial charge is 0.355 e. The third-order valence-corrected chi connectivity index (χ3v) is 6.04. The zero-order valence-electron chi connectivity index (χ0n) is 15.4. The van der Waals surface area contributed by atoms with E-state index in [9.17, 15) is 18.0 Å². The maximum absolute atomic E-state index is 12.8. The predicted octanol–water partition coefficient (Wildman–Crippen LogP) is 4.76. The second-order valence-corrected chi connectivity index (χ2v) is 7.94. The molecule has 1 aromatic heterocycles. The molecule has 1 aromatic rings. The molecule has 1 amide bonds. The van der Waals surface area contributed by atoms with E-state index in [1.165, 1.54) is 19.3 Å². The first-order valence-electron chi connectivity index (χ1n) is 9.51. The fraction of sp³-hybridized carbons (Fsp3) is 0.684. The number of alkyl halides is 3. The van der Waals surface area contributed by atoms with Crippen molar-refractivity contribution >= 4 is 23.3 Å². The summed E-state index contributed by atoms with van der Waals surface area (Å²) >= 11 is 6.04. The zero-order valence-corrected chi connectivity index (χ0v) is 16.2. The normalized spacial score (nSPS) is 20.0. The summed E-state index contributed by atoms with van der Waals surface area (Å²) in [6.45, 7) is 1.12. The van der Waals surface area contributed by atoms with E-state index in [2.05, 4.69) is 4.98 Å². The molecule has 1 aliphatic carbocycles. The number of anilines is 1. The van der Waals surface area contributed by atoms with Crippen LogP contribution in [0, 0.1) is 5.92 Å². The van der Waals surface area contributed by atoms with Crippen molar-refractivity contribution in [3.63, 3.8) is 0 Å². The van der Waals surface area contributed by atoms with E-state index in [4.69, 9.17) is 11.6 Å². The molecule has 0 N–H and O–H groups in total. The average molecular weight is 404 g/mol. The van der Waals surface area contributed by atoms with Gasteiger partial charge in [0.25, 0.3) is 0 Å². The zero-order chi connectivity index (χ0) is 19.6. The van der Waals surface area contributed by atoms with Crippen molar-refractivity contribution in [1.82, 2.24) is 9.88 Å². The number of hydrogen-bond acceptors (Lipinski definition) is 3.